The van der Waals surface area contributed by atoms with Gasteiger partial charge >= 0.3 is 0 Å². The highest BCUT2D eigenvalue weighted by atomic mass is 35.5. The van der Waals surface area contributed by atoms with Gasteiger partial charge in [-0.15, -0.1) is 35.6 Å². The average molecular weight is 218 g/mol. The standard InChI is InChI=1S/C6H10Cl2N2.ClH/c7-1-3-10-4-2-9-6(10)5-8;/h1-5H2;1H. The van der Waals surface area contributed by atoms with E-state index in [4.69, 9.17) is 23.2 Å². The molecule has 0 atom stereocenters. The van der Waals surface area contributed by atoms with Gasteiger partial charge in [0.25, 0.3) is 0 Å². The summed E-state index contributed by atoms with van der Waals surface area (Å²) in [5, 5.41) is 0. The molecule has 1 heterocycles. The molecule has 0 fully saturated rings. The van der Waals surface area contributed by atoms with Crippen molar-refractivity contribution in [3.05, 3.63) is 0 Å². The third kappa shape index (κ3) is 3.06. The number of hydrogen-bond acceptors (Lipinski definition) is 2. The molecule has 0 aromatic heterocycles. The zero-order valence-electron chi connectivity index (χ0n) is 6.09. The molecule has 0 amide bonds. The second-order valence-electron chi connectivity index (χ2n) is 2.11. The Balaban J connectivity index is 0.000001000. The number of hydrogen-bond donors (Lipinski definition) is 0. The van der Waals surface area contributed by atoms with Gasteiger partial charge in [0.2, 0.25) is 0 Å². The Bertz CT molecular complexity index is 138. The van der Waals surface area contributed by atoms with Crippen LogP contribution in [0.3, 0.4) is 0 Å². The van der Waals surface area contributed by atoms with Crippen molar-refractivity contribution < 1.29 is 0 Å². The number of halogens is 3. The summed E-state index contributed by atoms with van der Waals surface area (Å²) >= 11 is 11.2. The van der Waals surface area contributed by atoms with Crippen LogP contribution in [0.25, 0.3) is 0 Å². The molecule has 1 rings (SSSR count). The van der Waals surface area contributed by atoms with Crippen LogP contribution in [0, 0.1) is 0 Å². The first-order valence-electron chi connectivity index (χ1n) is 3.28. The molecule has 0 aromatic rings. The summed E-state index contributed by atoms with van der Waals surface area (Å²) in [6, 6.07) is 0. The number of aliphatic imine (C=N–C) groups is 1. The molecule has 0 bridgehead atoms. The van der Waals surface area contributed by atoms with Crippen LogP contribution in [-0.4, -0.2) is 42.1 Å². The van der Waals surface area contributed by atoms with Crippen LogP contribution in [0.1, 0.15) is 0 Å². The minimum Gasteiger partial charge on any atom is -0.356 e. The monoisotopic (exact) mass is 216 g/mol. The summed E-state index contributed by atoms with van der Waals surface area (Å²) in [6.07, 6.45) is 0. The van der Waals surface area contributed by atoms with Crippen molar-refractivity contribution in [3.63, 3.8) is 0 Å². The normalized spacial score (nSPS) is 16.2. The Morgan fingerprint density at radius 1 is 1.45 bits per heavy atom. The highest BCUT2D eigenvalue weighted by molar-refractivity contribution is 6.28. The van der Waals surface area contributed by atoms with Crippen LogP contribution < -0.4 is 0 Å². The molecule has 11 heavy (non-hydrogen) atoms. The van der Waals surface area contributed by atoms with Crippen molar-refractivity contribution in [1.29, 1.82) is 0 Å². The molecule has 0 radical (unpaired) electrons. The number of amidine groups is 1. The van der Waals surface area contributed by atoms with Gasteiger partial charge in [0.15, 0.2) is 0 Å². The highest BCUT2D eigenvalue weighted by Crippen LogP contribution is 2.02. The molecule has 1 aliphatic heterocycles. The molecule has 0 N–H and O–H groups in total. The molecule has 0 saturated carbocycles. The second-order valence-corrected chi connectivity index (χ2v) is 2.75. The lowest BCUT2D eigenvalue weighted by Crippen LogP contribution is -2.30. The first kappa shape index (κ1) is 11.3. The predicted molar refractivity (Wildman–Crippen MR) is 52.6 cm³/mol. The molecule has 2 nitrogen and oxygen atoms in total. The Hall–Kier alpha value is 0.340. The molecule has 0 saturated heterocycles. The summed E-state index contributed by atoms with van der Waals surface area (Å²) < 4.78 is 0. The lowest BCUT2D eigenvalue weighted by molar-refractivity contribution is 0.484. The minimum atomic E-state index is 0. The fourth-order valence-electron chi connectivity index (χ4n) is 0.998. The third-order valence-electron chi connectivity index (χ3n) is 1.50. The molecule has 0 spiro atoms. The maximum absolute atomic E-state index is 5.62. The van der Waals surface area contributed by atoms with E-state index >= 15 is 0 Å². The Morgan fingerprint density at radius 3 is 2.73 bits per heavy atom. The van der Waals surface area contributed by atoms with Gasteiger partial charge in [-0.3, -0.25) is 4.99 Å². The molecular formula is C6H11Cl3N2. The summed E-state index contributed by atoms with van der Waals surface area (Å²) in [5.41, 5.74) is 0. The van der Waals surface area contributed by atoms with E-state index in [0.29, 0.717) is 11.8 Å². The summed E-state index contributed by atoms with van der Waals surface area (Å²) in [5.74, 6) is 2.15. The molecule has 0 unspecified atom stereocenters. The zero-order chi connectivity index (χ0) is 7.40. The van der Waals surface area contributed by atoms with Crippen LogP contribution in [0.2, 0.25) is 0 Å². The van der Waals surface area contributed by atoms with Gasteiger partial charge in [-0.25, -0.2) is 0 Å². The average Bonchev–Trinajstić information content (AvgIpc) is 2.36. The zero-order valence-corrected chi connectivity index (χ0v) is 8.42. The fraction of sp³-hybridized carbons (Fsp3) is 0.833. The first-order valence-corrected chi connectivity index (χ1v) is 4.35. The first-order chi connectivity index (χ1) is 4.88. The van der Waals surface area contributed by atoms with Crippen LogP contribution in [0.15, 0.2) is 4.99 Å². The minimum absolute atomic E-state index is 0. The van der Waals surface area contributed by atoms with Crippen LogP contribution in [-0.2, 0) is 0 Å². The van der Waals surface area contributed by atoms with Crippen LogP contribution >= 0.6 is 35.6 Å². The van der Waals surface area contributed by atoms with Crippen molar-refractivity contribution in [2.24, 2.45) is 4.99 Å². The van der Waals surface area contributed by atoms with Gasteiger partial charge in [0.05, 0.1) is 12.4 Å². The van der Waals surface area contributed by atoms with E-state index in [0.717, 1.165) is 25.5 Å². The fourth-order valence-corrected chi connectivity index (χ4v) is 1.46. The van der Waals surface area contributed by atoms with E-state index in [1.54, 1.807) is 0 Å². The largest absolute Gasteiger partial charge is 0.356 e. The van der Waals surface area contributed by atoms with Gasteiger partial charge < -0.3 is 4.90 Å². The summed E-state index contributed by atoms with van der Waals surface area (Å²) in [4.78, 5) is 6.33. The van der Waals surface area contributed by atoms with Crippen LogP contribution in [0.5, 0.6) is 0 Å². The van der Waals surface area contributed by atoms with Gasteiger partial charge in [-0.05, 0) is 0 Å². The SMILES string of the molecule is Cl.ClCCN1CCN=C1CCl. The van der Waals surface area contributed by atoms with E-state index in [9.17, 15) is 0 Å². The lowest BCUT2D eigenvalue weighted by Gasteiger charge is -2.16. The van der Waals surface area contributed by atoms with Gasteiger partial charge in [-0.2, -0.15) is 0 Å². The van der Waals surface area contributed by atoms with E-state index < -0.39 is 0 Å². The van der Waals surface area contributed by atoms with Gasteiger partial charge in [0, 0.05) is 19.0 Å². The van der Waals surface area contributed by atoms with E-state index in [-0.39, 0.29) is 12.4 Å². The number of alkyl halides is 2. The third-order valence-corrected chi connectivity index (χ3v) is 1.91. The molecule has 1 aliphatic rings. The smallest absolute Gasteiger partial charge is 0.114 e. The number of rotatable bonds is 3. The Labute approximate surface area is 83.0 Å². The molecule has 5 heteroatoms. The topological polar surface area (TPSA) is 15.6 Å². The van der Waals surface area contributed by atoms with Crippen molar-refractivity contribution in [2.45, 2.75) is 0 Å². The summed E-state index contributed by atoms with van der Waals surface area (Å²) in [6.45, 7) is 2.72. The molecule has 0 aliphatic carbocycles. The van der Waals surface area contributed by atoms with E-state index in [1.807, 2.05) is 0 Å². The molecule has 0 aromatic carbocycles. The predicted octanol–water partition coefficient (Wildman–Crippen LogP) is 1.60. The van der Waals surface area contributed by atoms with Crippen molar-refractivity contribution >= 4 is 41.4 Å². The highest BCUT2D eigenvalue weighted by Gasteiger charge is 2.13. The van der Waals surface area contributed by atoms with Crippen molar-refractivity contribution in [2.75, 3.05) is 31.4 Å². The van der Waals surface area contributed by atoms with Crippen molar-refractivity contribution in [1.82, 2.24) is 4.90 Å². The van der Waals surface area contributed by atoms with Gasteiger partial charge in [-0.1, -0.05) is 0 Å². The van der Waals surface area contributed by atoms with Crippen LogP contribution in [0.4, 0.5) is 0 Å². The quantitative estimate of drug-likeness (QED) is 0.656. The Morgan fingerprint density at radius 2 is 2.18 bits per heavy atom. The maximum atomic E-state index is 5.62. The molecular weight excluding hydrogens is 206 g/mol. The lowest BCUT2D eigenvalue weighted by atomic mass is 10.5. The van der Waals surface area contributed by atoms with Gasteiger partial charge in [0.1, 0.15) is 5.84 Å². The van der Waals surface area contributed by atoms with E-state index in [2.05, 4.69) is 9.89 Å². The second kappa shape index (κ2) is 5.92. The van der Waals surface area contributed by atoms with E-state index in [1.165, 1.54) is 0 Å². The maximum Gasteiger partial charge on any atom is 0.114 e. The van der Waals surface area contributed by atoms with Crippen molar-refractivity contribution in [3.8, 4) is 0 Å². The Kier molecular flexibility index (Phi) is 6.11. The number of nitrogens with zero attached hydrogens (tertiary/aromatic N) is 2. The molecule has 66 valence electrons. The summed E-state index contributed by atoms with van der Waals surface area (Å²) in [7, 11) is 0.